The lowest BCUT2D eigenvalue weighted by Crippen LogP contribution is -2.31. The van der Waals surface area contributed by atoms with Crippen LogP contribution >= 0.6 is 0 Å². The number of hydrogen-bond donors (Lipinski definition) is 1. The van der Waals surface area contributed by atoms with E-state index in [2.05, 4.69) is 4.98 Å². The lowest BCUT2D eigenvalue weighted by molar-refractivity contribution is -0.384. The third-order valence-corrected chi connectivity index (χ3v) is 4.83. The zero-order valence-electron chi connectivity index (χ0n) is 17.2. The van der Waals surface area contributed by atoms with Crippen LogP contribution in [0.2, 0.25) is 0 Å². The van der Waals surface area contributed by atoms with Crippen molar-refractivity contribution in [2.45, 2.75) is 32.4 Å². The Morgan fingerprint density at radius 1 is 1.26 bits per heavy atom. The normalized spacial score (nSPS) is 18.0. The Morgan fingerprint density at radius 2 is 2.03 bits per heavy atom. The van der Waals surface area contributed by atoms with E-state index in [0.717, 1.165) is 6.07 Å². The highest BCUT2D eigenvalue weighted by Gasteiger charge is 2.46. The van der Waals surface area contributed by atoms with Gasteiger partial charge < -0.3 is 14.7 Å². The predicted octanol–water partition coefficient (Wildman–Crippen LogP) is 3.23. The predicted molar refractivity (Wildman–Crippen MR) is 112 cm³/mol. The van der Waals surface area contributed by atoms with Crippen molar-refractivity contribution in [1.82, 2.24) is 9.88 Å². The Bertz CT molecular complexity index is 1020. The van der Waals surface area contributed by atoms with Crippen LogP contribution < -0.4 is 0 Å². The summed E-state index contributed by atoms with van der Waals surface area (Å²) in [7, 11) is 0. The van der Waals surface area contributed by atoms with Crippen LogP contribution in [0.15, 0.2) is 54.2 Å². The number of pyridine rings is 1. The molecule has 0 unspecified atom stereocenters. The number of rotatable bonds is 8. The Hall–Kier alpha value is -3.59. The molecular formula is C22H23N3O6. The molecule has 1 aromatic carbocycles. The van der Waals surface area contributed by atoms with Crippen LogP contribution in [-0.2, 0) is 14.3 Å². The third-order valence-electron chi connectivity index (χ3n) is 4.83. The van der Waals surface area contributed by atoms with Crippen LogP contribution in [0.25, 0.3) is 5.76 Å². The number of nitro benzene ring substituents is 1. The number of ketones is 1. The summed E-state index contributed by atoms with van der Waals surface area (Å²) in [4.78, 5) is 41.8. The van der Waals surface area contributed by atoms with Gasteiger partial charge in [-0.05, 0) is 32.4 Å². The van der Waals surface area contributed by atoms with Gasteiger partial charge in [-0.1, -0.05) is 18.2 Å². The molecule has 0 aliphatic carbocycles. The smallest absolute Gasteiger partial charge is 0.295 e. The van der Waals surface area contributed by atoms with Gasteiger partial charge in [-0.3, -0.25) is 24.7 Å². The Labute approximate surface area is 179 Å². The van der Waals surface area contributed by atoms with Crippen molar-refractivity contribution < 1.29 is 24.4 Å². The largest absolute Gasteiger partial charge is 0.507 e. The fourth-order valence-electron chi connectivity index (χ4n) is 3.43. The van der Waals surface area contributed by atoms with E-state index in [0.29, 0.717) is 18.7 Å². The number of carbonyl (C=O) groups is 2. The first-order valence-corrected chi connectivity index (χ1v) is 9.87. The molecule has 1 aromatic heterocycles. The summed E-state index contributed by atoms with van der Waals surface area (Å²) < 4.78 is 5.52. The lowest BCUT2D eigenvalue weighted by atomic mass is 9.98. The van der Waals surface area contributed by atoms with Crippen LogP contribution in [0.1, 0.15) is 37.6 Å². The fraction of sp³-hybridized carbons (Fsp3) is 0.318. The van der Waals surface area contributed by atoms with E-state index >= 15 is 0 Å². The summed E-state index contributed by atoms with van der Waals surface area (Å²) in [5.41, 5.74) is 0.113. The Morgan fingerprint density at radius 3 is 2.68 bits per heavy atom. The van der Waals surface area contributed by atoms with Gasteiger partial charge in [-0.15, -0.1) is 0 Å². The molecule has 0 saturated carbocycles. The van der Waals surface area contributed by atoms with E-state index in [1.807, 2.05) is 13.8 Å². The number of hydrogen-bond acceptors (Lipinski definition) is 7. The first-order valence-electron chi connectivity index (χ1n) is 9.87. The Kier molecular flexibility index (Phi) is 6.76. The van der Waals surface area contributed by atoms with Crippen molar-refractivity contribution in [2.24, 2.45) is 0 Å². The van der Waals surface area contributed by atoms with E-state index in [-0.39, 0.29) is 29.5 Å². The summed E-state index contributed by atoms with van der Waals surface area (Å²) in [5.74, 6) is -2.09. The fourth-order valence-corrected chi connectivity index (χ4v) is 3.43. The first-order chi connectivity index (χ1) is 14.8. The molecule has 1 aliphatic rings. The second-order valence-electron chi connectivity index (χ2n) is 7.33. The molecule has 162 valence electrons. The number of amides is 1. The highest BCUT2D eigenvalue weighted by molar-refractivity contribution is 6.46. The molecule has 3 rings (SSSR count). The number of benzene rings is 1. The number of aliphatic hydroxyl groups excluding tert-OH is 1. The maximum absolute atomic E-state index is 12.9. The first kappa shape index (κ1) is 22.1. The van der Waals surface area contributed by atoms with Crippen molar-refractivity contribution in [1.29, 1.82) is 0 Å². The molecule has 1 atom stereocenters. The summed E-state index contributed by atoms with van der Waals surface area (Å²) in [6.07, 6.45) is 2.06. The monoisotopic (exact) mass is 425 g/mol. The molecule has 0 bridgehead atoms. The number of aliphatic hydroxyl groups is 1. The van der Waals surface area contributed by atoms with Crippen LogP contribution in [-0.4, -0.2) is 50.9 Å². The SMILES string of the molecule is CC(C)OCCCN1C(=O)C(=O)C(=C(O)c2cccc([N+](=O)[O-])c2)[C@H]1c1ccccn1. The van der Waals surface area contributed by atoms with E-state index < -0.39 is 28.4 Å². The number of Topliss-reactive ketones (excluding diaryl/α,β-unsaturated/α-hetero) is 1. The summed E-state index contributed by atoms with van der Waals surface area (Å²) in [5, 5.41) is 22.0. The maximum atomic E-state index is 12.9. The van der Waals surface area contributed by atoms with E-state index in [1.54, 1.807) is 18.2 Å². The molecule has 0 spiro atoms. The number of carbonyl (C=O) groups excluding carboxylic acids is 2. The van der Waals surface area contributed by atoms with Gasteiger partial charge in [0.2, 0.25) is 0 Å². The van der Waals surface area contributed by atoms with Gasteiger partial charge in [0, 0.05) is 37.0 Å². The van der Waals surface area contributed by atoms with Crippen molar-refractivity contribution >= 4 is 23.1 Å². The van der Waals surface area contributed by atoms with Crippen LogP contribution in [0.4, 0.5) is 5.69 Å². The molecule has 9 nitrogen and oxygen atoms in total. The topological polar surface area (TPSA) is 123 Å². The van der Waals surface area contributed by atoms with Crippen molar-refractivity contribution in [3.05, 3.63) is 75.6 Å². The zero-order valence-corrected chi connectivity index (χ0v) is 17.2. The highest BCUT2D eigenvalue weighted by atomic mass is 16.6. The van der Waals surface area contributed by atoms with Gasteiger partial charge in [0.25, 0.3) is 17.4 Å². The second-order valence-corrected chi connectivity index (χ2v) is 7.33. The van der Waals surface area contributed by atoms with Gasteiger partial charge in [-0.25, -0.2) is 0 Å². The van der Waals surface area contributed by atoms with Gasteiger partial charge in [-0.2, -0.15) is 0 Å². The maximum Gasteiger partial charge on any atom is 0.295 e. The van der Waals surface area contributed by atoms with Crippen LogP contribution in [0.5, 0.6) is 0 Å². The zero-order chi connectivity index (χ0) is 22.5. The number of nitrogens with zero attached hydrogens (tertiary/aromatic N) is 3. The molecule has 1 N–H and O–H groups in total. The lowest BCUT2D eigenvalue weighted by Gasteiger charge is -2.24. The minimum absolute atomic E-state index is 0.0378. The Balaban J connectivity index is 2.04. The molecule has 1 amide bonds. The van der Waals surface area contributed by atoms with Crippen molar-refractivity contribution in [3.8, 4) is 0 Å². The summed E-state index contributed by atoms with van der Waals surface area (Å²) >= 11 is 0. The molecule has 1 fully saturated rings. The van der Waals surface area contributed by atoms with E-state index in [9.17, 15) is 24.8 Å². The molecule has 0 radical (unpaired) electrons. The number of aromatic nitrogens is 1. The summed E-state index contributed by atoms with van der Waals surface area (Å²) in [6, 6.07) is 9.47. The van der Waals surface area contributed by atoms with Crippen molar-refractivity contribution in [3.63, 3.8) is 0 Å². The molecule has 9 heteroatoms. The molecule has 1 aliphatic heterocycles. The van der Waals surface area contributed by atoms with Gasteiger partial charge in [0.05, 0.1) is 22.3 Å². The van der Waals surface area contributed by atoms with Crippen LogP contribution in [0, 0.1) is 10.1 Å². The number of ether oxygens (including phenoxy) is 1. The molecule has 1 saturated heterocycles. The van der Waals surface area contributed by atoms with Crippen molar-refractivity contribution in [2.75, 3.05) is 13.2 Å². The van der Waals surface area contributed by atoms with E-state index in [1.165, 1.54) is 29.3 Å². The second kappa shape index (κ2) is 9.48. The van der Waals surface area contributed by atoms with Crippen LogP contribution in [0.3, 0.4) is 0 Å². The third kappa shape index (κ3) is 4.77. The number of likely N-dealkylation sites (tertiary alicyclic amines) is 1. The van der Waals surface area contributed by atoms with E-state index in [4.69, 9.17) is 4.74 Å². The average molecular weight is 425 g/mol. The quantitative estimate of drug-likeness (QED) is 0.172. The number of non-ortho nitro benzene ring substituents is 1. The summed E-state index contributed by atoms with van der Waals surface area (Å²) in [6.45, 7) is 4.43. The standard InChI is InChI=1S/C22H23N3O6/c1-14(2)31-12-6-11-24-19(17-9-3-4-10-23-17)18(21(27)22(24)28)20(26)15-7-5-8-16(13-15)25(29)30/h3-5,7-10,13-14,19,26H,6,11-12H2,1-2H3/t19-/m1/s1. The van der Waals surface area contributed by atoms with Gasteiger partial charge in [0.1, 0.15) is 11.8 Å². The van der Waals surface area contributed by atoms with Gasteiger partial charge >= 0.3 is 0 Å². The average Bonchev–Trinajstić information content (AvgIpc) is 3.01. The molecule has 31 heavy (non-hydrogen) atoms. The highest BCUT2D eigenvalue weighted by Crippen LogP contribution is 2.38. The minimum atomic E-state index is -0.903. The molecular weight excluding hydrogens is 402 g/mol. The molecule has 2 heterocycles. The molecule has 2 aromatic rings. The minimum Gasteiger partial charge on any atom is -0.507 e. The number of nitro groups is 1. The van der Waals surface area contributed by atoms with Gasteiger partial charge in [0.15, 0.2) is 0 Å².